The molecule has 1 spiro atoms. The highest BCUT2D eigenvalue weighted by Gasteiger charge is 2.52. The smallest absolute Gasteiger partial charge is 0.0622 e. The Morgan fingerprint density at radius 3 is 1.08 bits per heavy atom. The van der Waals surface area contributed by atoms with Gasteiger partial charge in [0.15, 0.2) is 0 Å². The van der Waals surface area contributed by atoms with Crippen LogP contribution < -0.4 is 0 Å². The number of hydrogen-bond acceptors (Lipinski definition) is 0. The summed E-state index contributed by atoms with van der Waals surface area (Å²) in [7, 11) is 0. The average molecular weight is 823 g/mol. The Hall–Kier alpha value is -8.32. The molecule has 2 aliphatic rings. The van der Waals surface area contributed by atoms with Gasteiger partial charge in [-0.2, -0.15) is 0 Å². The van der Waals surface area contributed by atoms with Gasteiger partial charge in [0.05, 0.1) is 5.41 Å². The van der Waals surface area contributed by atoms with Gasteiger partial charge in [0, 0.05) is 0 Å². The highest BCUT2D eigenvalue weighted by atomic mass is 14.5. The molecule has 11 aromatic rings. The zero-order valence-electron chi connectivity index (χ0n) is 35.7. The summed E-state index contributed by atoms with van der Waals surface area (Å²) in [6.45, 7) is 0. The third kappa shape index (κ3) is 5.57. The predicted molar refractivity (Wildman–Crippen MR) is 273 cm³/mol. The van der Waals surface area contributed by atoms with E-state index in [2.05, 4.69) is 255 Å². The summed E-state index contributed by atoms with van der Waals surface area (Å²) in [6, 6.07) is 94.8. The molecule has 0 aliphatic heterocycles. The van der Waals surface area contributed by atoms with Crippen LogP contribution in [0.3, 0.4) is 0 Å². The molecule has 65 heavy (non-hydrogen) atoms. The Labute approximate surface area is 380 Å². The van der Waals surface area contributed by atoms with Crippen molar-refractivity contribution in [3.05, 3.63) is 277 Å². The monoisotopic (exact) mass is 822 g/mol. The van der Waals surface area contributed by atoms with Crippen LogP contribution in [0.5, 0.6) is 0 Å². The van der Waals surface area contributed by atoms with Crippen LogP contribution >= 0.6 is 0 Å². The van der Waals surface area contributed by atoms with Gasteiger partial charge in [0.1, 0.15) is 0 Å². The summed E-state index contributed by atoms with van der Waals surface area (Å²) in [5.74, 6) is 0. The minimum absolute atomic E-state index is 0.587. The van der Waals surface area contributed by atoms with Crippen molar-refractivity contribution in [2.45, 2.75) is 5.41 Å². The molecular weight excluding hydrogens is 781 g/mol. The maximum absolute atomic E-state index is 2.59. The molecular formula is C65H42. The fraction of sp³-hybridized carbons (Fsp3) is 0.0154. The molecule has 0 amide bonds. The van der Waals surface area contributed by atoms with Gasteiger partial charge in [0.25, 0.3) is 0 Å². The maximum Gasteiger partial charge on any atom is 0.0726 e. The Balaban J connectivity index is 1.17. The zero-order valence-corrected chi connectivity index (χ0v) is 35.7. The van der Waals surface area contributed by atoms with Gasteiger partial charge in [-0.05, 0) is 134 Å². The van der Waals surface area contributed by atoms with Crippen LogP contribution in [-0.2, 0) is 5.41 Å². The molecule has 0 atom stereocenters. The van der Waals surface area contributed by atoms with E-state index >= 15 is 0 Å². The lowest BCUT2D eigenvalue weighted by Gasteiger charge is -2.32. The van der Waals surface area contributed by atoms with Crippen molar-refractivity contribution in [3.63, 3.8) is 0 Å². The molecule has 0 bridgehead atoms. The summed E-state index contributed by atoms with van der Waals surface area (Å²) in [6.07, 6.45) is 0. The molecule has 0 radical (unpaired) electrons. The molecule has 13 rings (SSSR count). The third-order valence-corrected chi connectivity index (χ3v) is 14.1. The molecule has 0 fully saturated rings. The van der Waals surface area contributed by atoms with E-state index in [1.165, 1.54) is 122 Å². The second kappa shape index (κ2) is 14.9. The van der Waals surface area contributed by atoms with E-state index in [1.54, 1.807) is 0 Å². The van der Waals surface area contributed by atoms with Crippen molar-refractivity contribution in [2.24, 2.45) is 0 Å². The number of benzene rings is 11. The first-order chi connectivity index (χ1) is 32.3. The Morgan fingerprint density at radius 2 is 0.585 bits per heavy atom. The van der Waals surface area contributed by atoms with E-state index < -0.39 is 5.41 Å². The molecule has 0 heteroatoms. The zero-order chi connectivity index (χ0) is 42.9. The van der Waals surface area contributed by atoms with Crippen molar-refractivity contribution < 1.29 is 0 Å². The first-order valence-corrected chi connectivity index (χ1v) is 22.7. The minimum atomic E-state index is -0.587. The van der Waals surface area contributed by atoms with Gasteiger partial charge in [-0.25, -0.2) is 0 Å². The van der Waals surface area contributed by atoms with Crippen molar-refractivity contribution in [1.82, 2.24) is 0 Å². The van der Waals surface area contributed by atoms with Crippen LogP contribution in [0.2, 0.25) is 0 Å². The fourth-order valence-corrected chi connectivity index (χ4v) is 11.5. The second-order valence-corrected chi connectivity index (χ2v) is 17.4. The lowest BCUT2D eigenvalue weighted by molar-refractivity contribution is 0.795. The van der Waals surface area contributed by atoms with Gasteiger partial charge in [-0.3, -0.25) is 0 Å². The van der Waals surface area contributed by atoms with Crippen molar-refractivity contribution in [2.75, 3.05) is 0 Å². The van der Waals surface area contributed by atoms with Gasteiger partial charge < -0.3 is 0 Å². The van der Waals surface area contributed by atoms with Crippen LogP contribution in [0.1, 0.15) is 22.3 Å². The molecule has 0 unspecified atom stereocenters. The van der Waals surface area contributed by atoms with E-state index in [1.807, 2.05) is 0 Å². The van der Waals surface area contributed by atoms with E-state index in [0.29, 0.717) is 0 Å². The van der Waals surface area contributed by atoms with Gasteiger partial charge in [-0.1, -0.05) is 243 Å². The average Bonchev–Trinajstić information content (AvgIpc) is 3.86. The standard InChI is InChI=1S/C65H42/c1-5-21-43(22-6-1)48-33-19-34-49(44-23-7-2-8-24-44)62(48)47-39-40-56-60(41-47)65(58-37-17-15-30-53(58)54-31-16-18-38-59(54)65)61-42-57(52-29-13-14-32-55(52)64(56)61)63-50(45-25-9-3-10-26-45)35-20-36-51(63)46-27-11-4-12-28-46/h1-42H. The van der Waals surface area contributed by atoms with Crippen LogP contribution in [0.4, 0.5) is 0 Å². The van der Waals surface area contributed by atoms with Crippen LogP contribution in [0.15, 0.2) is 255 Å². The van der Waals surface area contributed by atoms with E-state index in [-0.39, 0.29) is 0 Å². The highest BCUT2D eigenvalue weighted by Crippen LogP contribution is 2.65. The number of fused-ring (bicyclic) bond motifs is 12. The summed E-state index contributed by atoms with van der Waals surface area (Å²) in [5.41, 5.74) is 24.6. The lowest BCUT2D eigenvalue weighted by Crippen LogP contribution is -2.26. The summed E-state index contributed by atoms with van der Waals surface area (Å²) in [5, 5.41) is 2.52. The van der Waals surface area contributed by atoms with E-state index in [4.69, 9.17) is 0 Å². The molecule has 0 aromatic heterocycles. The third-order valence-electron chi connectivity index (χ3n) is 14.1. The molecule has 0 saturated carbocycles. The van der Waals surface area contributed by atoms with Crippen LogP contribution in [0, 0.1) is 0 Å². The number of rotatable bonds is 6. The van der Waals surface area contributed by atoms with Gasteiger partial charge >= 0.3 is 0 Å². The first kappa shape index (κ1) is 37.3. The molecule has 0 heterocycles. The Bertz CT molecular complexity index is 3460. The number of hydrogen-bond donors (Lipinski definition) is 0. The predicted octanol–water partition coefficient (Wildman–Crippen LogP) is 17.2. The van der Waals surface area contributed by atoms with Crippen molar-refractivity contribution in [3.8, 4) is 89.0 Å². The fourth-order valence-electron chi connectivity index (χ4n) is 11.5. The Morgan fingerprint density at radius 1 is 0.185 bits per heavy atom. The van der Waals surface area contributed by atoms with Crippen LogP contribution in [0.25, 0.3) is 99.8 Å². The second-order valence-electron chi connectivity index (χ2n) is 17.4. The molecule has 11 aromatic carbocycles. The summed E-state index contributed by atoms with van der Waals surface area (Å²) in [4.78, 5) is 0. The highest BCUT2D eigenvalue weighted by molar-refractivity contribution is 6.14. The maximum atomic E-state index is 2.59. The minimum Gasteiger partial charge on any atom is -0.0622 e. The topological polar surface area (TPSA) is 0 Å². The van der Waals surface area contributed by atoms with Gasteiger partial charge in [0.2, 0.25) is 0 Å². The van der Waals surface area contributed by atoms with E-state index in [0.717, 1.165) is 0 Å². The summed E-state index contributed by atoms with van der Waals surface area (Å²) >= 11 is 0. The van der Waals surface area contributed by atoms with E-state index in [9.17, 15) is 0 Å². The molecule has 0 nitrogen and oxygen atoms in total. The summed E-state index contributed by atoms with van der Waals surface area (Å²) < 4.78 is 0. The SMILES string of the molecule is c1ccc(-c2cccc(-c3ccccc3)c2-c2ccc3c(c2)C2(c4ccccc4-c4ccccc42)c2cc(-c4c(-c5ccccc5)cccc4-c4ccccc4)c4ccccc4c2-3)cc1. The molecule has 0 saturated heterocycles. The quantitative estimate of drug-likeness (QED) is 0.157. The largest absolute Gasteiger partial charge is 0.0726 e. The van der Waals surface area contributed by atoms with Crippen molar-refractivity contribution in [1.29, 1.82) is 0 Å². The Kier molecular flexibility index (Phi) is 8.54. The van der Waals surface area contributed by atoms with Crippen molar-refractivity contribution >= 4 is 10.8 Å². The molecule has 302 valence electrons. The van der Waals surface area contributed by atoms with Gasteiger partial charge in [-0.15, -0.1) is 0 Å². The molecule has 2 aliphatic carbocycles. The first-order valence-electron chi connectivity index (χ1n) is 22.7. The normalized spacial score (nSPS) is 12.7. The van der Waals surface area contributed by atoms with Crippen LogP contribution in [-0.4, -0.2) is 0 Å². The lowest BCUT2D eigenvalue weighted by atomic mass is 9.69. The molecule has 0 N–H and O–H groups in total.